The number of pyridine rings is 1. The molecule has 0 spiro atoms. The van der Waals surface area contributed by atoms with Gasteiger partial charge in [-0.05, 0) is 47.6 Å². The lowest BCUT2D eigenvalue weighted by atomic mass is 9.86. The maximum absolute atomic E-state index is 14.0. The first-order chi connectivity index (χ1) is 23.2. The zero-order chi connectivity index (χ0) is 33.7. The minimum absolute atomic E-state index is 0.0563. The average molecular weight is 685 g/mol. The standard InChI is InChI=1S/C37H37N2O7PS/c1-25(2)32-18-28-19-35(30(36-38-14-17-48-36)20-29(28)33-21-34(40)31(37(41)42)22-39(32)33)44-15-9-16-47(43,45-23-26-10-5-3-6-11-26)46-24-27-12-7-4-8-13-27/h3-8,10-14,17,19-22,25,32H,9,15-16,18,23-24H2,1-2H3,(H,41,42). The molecule has 1 unspecified atom stereocenters. The number of nitrogens with zero attached hydrogens (tertiary/aromatic N) is 2. The van der Waals surface area contributed by atoms with E-state index in [1.54, 1.807) is 6.20 Å². The Hall–Kier alpha value is -4.34. The molecule has 1 aliphatic rings. The molecule has 0 radical (unpaired) electrons. The smallest absolute Gasteiger partial charge is 0.341 e. The Labute approximate surface area is 283 Å². The van der Waals surface area contributed by atoms with Gasteiger partial charge >= 0.3 is 13.6 Å². The first-order valence-corrected chi connectivity index (χ1v) is 18.5. The van der Waals surface area contributed by atoms with Crippen molar-refractivity contribution in [2.24, 2.45) is 5.92 Å². The van der Waals surface area contributed by atoms with Crippen LogP contribution < -0.4 is 10.2 Å². The van der Waals surface area contributed by atoms with E-state index in [-0.39, 0.29) is 43.5 Å². The van der Waals surface area contributed by atoms with Gasteiger partial charge in [-0.15, -0.1) is 11.3 Å². The van der Waals surface area contributed by atoms with Crippen LogP contribution in [0.1, 0.15) is 53.4 Å². The van der Waals surface area contributed by atoms with Gasteiger partial charge in [0.15, 0.2) is 5.43 Å². The highest BCUT2D eigenvalue weighted by atomic mass is 32.1. The highest BCUT2D eigenvalue weighted by Gasteiger charge is 2.30. The summed E-state index contributed by atoms with van der Waals surface area (Å²) in [6, 6.07) is 24.5. The monoisotopic (exact) mass is 684 g/mol. The number of rotatable bonds is 14. The zero-order valence-electron chi connectivity index (χ0n) is 26.8. The van der Waals surface area contributed by atoms with E-state index in [0.29, 0.717) is 24.3 Å². The number of hydrogen-bond acceptors (Lipinski definition) is 8. The molecular weight excluding hydrogens is 647 g/mol. The molecule has 0 amide bonds. The predicted octanol–water partition coefficient (Wildman–Crippen LogP) is 8.49. The molecule has 5 aromatic rings. The summed E-state index contributed by atoms with van der Waals surface area (Å²) in [5.74, 6) is -0.435. The Morgan fingerprint density at radius 1 is 1.00 bits per heavy atom. The van der Waals surface area contributed by atoms with Crippen molar-refractivity contribution in [2.75, 3.05) is 12.8 Å². The van der Waals surface area contributed by atoms with Gasteiger partial charge in [0.2, 0.25) is 0 Å². The van der Waals surface area contributed by atoms with Crippen molar-refractivity contribution in [3.63, 3.8) is 0 Å². The molecule has 0 saturated carbocycles. The van der Waals surface area contributed by atoms with E-state index in [0.717, 1.165) is 32.8 Å². The van der Waals surface area contributed by atoms with Gasteiger partial charge in [-0.3, -0.25) is 9.36 Å². The molecule has 3 heterocycles. The van der Waals surface area contributed by atoms with Gasteiger partial charge < -0.3 is 23.5 Å². The lowest BCUT2D eigenvalue weighted by molar-refractivity contribution is 0.0694. The molecule has 48 heavy (non-hydrogen) atoms. The van der Waals surface area contributed by atoms with Crippen molar-refractivity contribution in [3.05, 3.63) is 129 Å². The van der Waals surface area contributed by atoms with Crippen LogP contribution in [0.25, 0.3) is 21.8 Å². The molecule has 9 nitrogen and oxygen atoms in total. The maximum Gasteiger partial charge on any atom is 0.341 e. The number of thiazole rings is 1. The third-order valence-corrected chi connectivity index (χ3v) is 11.1. The van der Waals surface area contributed by atoms with Crippen LogP contribution in [0, 0.1) is 5.92 Å². The Morgan fingerprint density at radius 2 is 1.67 bits per heavy atom. The maximum atomic E-state index is 14.0. The summed E-state index contributed by atoms with van der Waals surface area (Å²) in [7, 11) is -3.49. The third-order valence-electron chi connectivity index (χ3n) is 8.39. The minimum Gasteiger partial charge on any atom is -0.493 e. The van der Waals surface area contributed by atoms with Crippen LogP contribution >= 0.6 is 18.9 Å². The topological polar surface area (TPSA) is 117 Å². The summed E-state index contributed by atoms with van der Waals surface area (Å²) in [4.78, 5) is 29.2. The van der Waals surface area contributed by atoms with Crippen molar-refractivity contribution < 1.29 is 28.3 Å². The van der Waals surface area contributed by atoms with Gasteiger partial charge in [0.05, 0.1) is 37.2 Å². The molecule has 0 fully saturated rings. The second-order valence-corrected chi connectivity index (χ2v) is 15.1. The number of fused-ring (bicyclic) bond motifs is 3. The second-order valence-electron chi connectivity index (χ2n) is 12.1. The van der Waals surface area contributed by atoms with Gasteiger partial charge in [-0.1, -0.05) is 74.5 Å². The fourth-order valence-electron chi connectivity index (χ4n) is 5.85. The van der Waals surface area contributed by atoms with Crippen molar-refractivity contribution >= 4 is 24.9 Å². The molecular formula is C37H37N2O7PS. The molecule has 0 aliphatic carbocycles. The molecule has 6 rings (SSSR count). The summed E-state index contributed by atoms with van der Waals surface area (Å²) < 4.78 is 34.2. The number of carboxylic acid groups (broad SMARTS) is 1. The van der Waals surface area contributed by atoms with Crippen LogP contribution in [-0.4, -0.2) is 33.4 Å². The number of hydrogen-bond donors (Lipinski definition) is 1. The number of aromatic carboxylic acids is 1. The van der Waals surface area contributed by atoms with Crippen LogP contribution in [0.2, 0.25) is 0 Å². The second kappa shape index (κ2) is 14.8. The predicted molar refractivity (Wildman–Crippen MR) is 187 cm³/mol. The van der Waals surface area contributed by atoms with Crippen molar-refractivity contribution in [1.29, 1.82) is 0 Å². The molecule has 11 heteroatoms. The fraction of sp³-hybridized carbons (Fsp3) is 0.270. The van der Waals surface area contributed by atoms with Crippen LogP contribution in [0.4, 0.5) is 0 Å². The lowest BCUT2D eigenvalue weighted by Gasteiger charge is -2.34. The molecule has 1 atom stereocenters. The fourth-order valence-corrected chi connectivity index (χ4v) is 8.05. The van der Waals surface area contributed by atoms with E-state index in [2.05, 4.69) is 18.8 Å². The van der Waals surface area contributed by atoms with E-state index < -0.39 is 19.0 Å². The Bertz CT molecular complexity index is 1930. The Kier molecular flexibility index (Phi) is 10.4. The summed E-state index contributed by atoms with van der Waals surface area (Å²) >= 11 is 1.47. The lowest BCUT2D eigenvalue weighted by Crippen LogP contribution is -2.28. The van der Waals surface area contributed by atoms with Crippen LogP contribution in [-0.2, 0) is 33.2 Å². The van der Waals surface area contributed by atoms with Gasteiger partial charge in [0.25, 0.3) is 0 Å². The number of aromatic nitrogens is 2. The number of benzene rings is 3. The largest absolute Gasteiger partial charge is 0.493 e. The number of ether oxygens (including phenoxy) is 1. The van der Waals surface area contributed by atoms with Crippen LogP contribution in [0.5, 0.6) is 5.75 Å². The van der Waals surface area contributed by atoms with Gasteiger partial charge in [0, 0.05) is 35.4 Å². The van der Waals surface area contributed by atoms with E-state index in [1.165, 1.54) is 23.6 Å². The third kappa shape index (κ3) is 7.69. The van der Waals surface area contributed by atoms with Crippen LogP contribution in [0.3, 0.4) is 0 Å². The first kappa shape index (κ1) is 33.6. The number of carboxylic acids is 1. The summed E-state index contributed by atoms with van der Waals surface area (Å²) in [6.45, 7) is 4.76. The van der Waals surface area contributed by atoms with Crippen molar-refractivity contribution in [1.82, 2.24) is 9.55 Å². The molecule has 0 bridgehead atoms. The first-order valence-electron chi connectivity index (χ1n) is 15.9. The average Bonchev–Trinajstić information content (AvgIpc) is 3.63. The minimum atomic E-state index is -3.49. The quantitative estimate of drug-likeness (QED) is 0.0915. The normalized spacial score (nSPS) is 14.0. The van der Waals surface area contributed by atoms with Crippen LogP contribution in [0.15, 0.2) is 101 Å². The van der Waals surface area contributed by atoms with E-state index in [1.807, 2.05) is 82.7 Å². The molecule has 1 N–H and O–H groups in total. The highest BCUT2D eigenvalue weighted by molar-refractivity contribution is 7.53. The summed E-state index contributed by atoms with van der Waals surface area (Å²) in [5, 5.41) is 12.3. The molecule has 3 aromatic carbocycles. The van der Waals surface area contributed by atoms with Gasteiger partial charge in [-0.25, -0.2) is 9.78 Å². The summed E-state index contributed by atoms with van der Waals surface area (Å²) in [5.41, 5.74) is 4.29. The molecule has 1 aliphatic heterocycles. The van der Waals surface area contributed by atoms with Gasteiger partial charge in [-0.2, -0.15) is 0 Å². The Morgan fingerprint density at radius 3 is 2.25 bits per heavy atom. The van der Waals surface area contributed by atoms with E-state index >= 15 is 0 Å². The molecule has 248 valence electrons. The van der Waals surface area contributed by atoms with Crippen molar-refractivity contribution in [3.8, 4) is 27.6 Å². The zero-order valence-corrected chi connectivity index (χ0v) is 28.5. The summed E-state index contributed by atoms with van der Waals surface area (Å²) in [6.07, 6.45) is 4.41. The number of carbonyl (C=O) groups is 1. The van der Waals surface area contributed by atoms with E-state index in [9.17, 15) is 19.3 Å². The van der Waals surface area contributed by atoms with Crippen molar-refractivity contribution in [2.45, 2.75) is 45.9 Å². The Balaban J connectivity index is 1.24. The SMILES string of the molecule is CC(C)C1Cc2cc(OCCCP(=O)(OCc3ccccc3)OCc3ccccc3)c(-c3nccs3)cc2-c2cc(=O)c(C(=O)O)cn21. The van der Waals surface area contributed by atoms with Gasteiger partial charge in [0.1, 0.15) is 16.3 Å². The van der Waals surface area contributed by atoms with E-state index in [4.69, 9.17) is 13.8 Å². The molecule has 0 saturated heterocycles. The highest BCUT2D eigenvalue weighted by Crippen LogP contribution is 2.50. The molecule has 2 aromatic heterocycles.